The quantitative estimate of drug-likeness (QED) is 0.351. The van der Waals surface area contributed by atoms with Gasteiger partial charge in [0.15, 0.2) is 0 Å². The van der Waals surface area contributed by atoms with Gasteiger partial charge in [0.25, 0.3) is 5.56 Å². The van der Waals surface area contributed by atoms with Gasteiger partial charge in [-0.3, -0.25) is 9.36 Å². The SMILES string of the molecule is O=c1c2ccccc2ncn1CCC[NH2+]CCc1ccc(OCc2ccccc2)cc1.[Cl-]. The van der Waals surface area contributed by atoms with Crippen molar-refractivity contribution in [1.82, 2.24) is 9.55 Å². The fourth-order valence-electron chi connectivity index (χ4n) is 3.58. The molecule has 0 saturated heterocycles. The molecule has 166 valence electrons. The summed E-state index contributed by atoms with van der Waals surface area (Å²) in [5.74, 6) is 0.894. The van der Waals surface area contributed by atoms with Crippen LogP contribution >= 0.6 is 0 Å². The normalized spacial score (nSPS) is 10.6. The minimum absolute atomic E-state index is 0. The zero-order valence-corrected chi connectivity index (χ0v) is 18.7. The number of nitrogens with zero attached hydrogens (tertiary/aromatic N) is 2. The second-order valence-corrected chi connectivity index (χ2v) is 7.65. The number of ether oxygens (including phenoxy) is 1. The number of benzene rings is 3. The van der Waals surface area contributed by atoms with Crippen molar-refractivity contribution in [3.8, 4) is 5.75 Å². The average molecular weight is 450 g/mol. The van der Waals surface area contributed by atoms with E-state index in [1.54, 1.807) is 10.9 Å². The number of aromatic nitrogens is 2. The first kappa shape index (κ1) is 23.5. The Bertz CT molecular complexity index is 1160. The summed E-state index contributed by atoms with van der Waals surface area (Å²) in [4.78, 5) is 16.9. The number of nitrogens with two attached hydrogens (primary N) is 1. The Hall–Kier alpha value is -3.15. The van der Waals surface area contributed by atoms with Crippen LogP contribution < -0.4 is 28.0 Å². The molecule has 0 amide bonds. The van der Waals surface area contributed by atoms with E-state index in [9.17, 15) is 4.79 Å². The van der Waals surface area contributed by atoms with Crippen LogP contribution in [0.1, 0.15) is 17.5 Å². The smallest absolute Gasteiger partial charge is 0.261 e. The molecule has 0 radical (unpaired) electrons. The lowest BCUT2D eigenvalue weighted by molar-refractivity contribution is -0.654. The second-order valence-electron chi connectivity index (χ2n) is 7.65. The number of halogens is 1. The van der Waals surface area contributed by atoms with Crippen molar-refractivity contribution in [2.75, 3.05) is 13.1 Å². The highest BCUT2D eigenvalue weighted by atomic mass is 35.5. The standard InChI is InChI=1S/C26H27N3O2.ClH/c30-26-24-9-4-5-10-25(24)28-20-29(26)18-6-16-27-17-15-21-11-13-23(14-12-21)31-19-22-7-2-1-3-8-22;/h1-5,7-14,20,27H,6,15-19H2;1H. The number of aryl methyl sites for hydroxylation is 1. The zero-order valence-electron chi connectivity index (χ0n) is 18.0. The van der Waals surface area contributed by atoms with Crippen LogP contribution in [-0.2, 0) is 19.6 Å². The molecule has 0 aliphatic rings. The van der Waals surface area contributed by atoms with Crippen LogP contribution in [0.5, 0.6) is 5.75 Å². The van der Waals surface area contributed by atoms with Gasteiger partial charge in [-0.15, -0.1) is 0 Å². The van der Waals surface area contributed by atoms with Crippen molar-refractivity contribution in [3.63, 3.8) is 0 Å². The number of para-hydroxylation sites is 1. The molecule has 0 saturated carbocycles. The number of quaternary nitrogens is 1. The first-order chi connectivity index (χ1) is 15.3. The van der Waals surface area contributed by atoms with E-state index in [-0.39, 0.29) is 18.0 Å². The Morgan fingerprint density at radius 3 is 2.41 bits per heavy atom. The predicted octanol–water partition coefficient (Wildman–Crippen LogP) is 0.176. The van der Waals surface area contributed by atoms with Gasteiger partial charge < -0.3 is 22.5 Å². The van der Waals surface area contributed by atoms with E-state index in [0.717, 1.165) is 37.2 Å². The Morgan fingerprint density at radius 2 is 1.59 bits per heavy atom. The summed E-state index contributed by atoms with van der Waals surface area (Å²) in [7, 11) is 0. The first-order valence-corrected chi connectivity index (χ1v) is 10.8. The molecule has 0 fully saturated rings. The highest BCUT2D eigenvalue weighted by Gasteiger charge is 2.04. The molecule has 0 aliphatic carbocycles. The fourth-order valence-corrected chi connectivity index (χ4v) is 3.58. The Morgan fingerprint density at radius 1 is 0.844 bits per heavy atom. The molecule has 4 aromatic rings. The lowest BCUT2D eigenvalue weighted by Crippen LogP contribution is -3.00. The highest BCUT2D eigenvalue weighted by molar-refractivity contribution is 5.76. The monoisotopic (exact) mass is 449 g/mol. The van der Waals surface area contributed by atoms with Gasteiger partial charge in [0.1, 0.15) is 12.4 Å². The molecule has 2 N–H and O–H groups in total. The maximum atomic E-state index is 12.5. The van der Waals surface area contributed by atoms with Crippen LogP contribution in [0.15, 0.2) is 90.0 Å². The summed E-state index contributed by atoms with van der Waals surface area (Å²) < 4.78 is 7.55. The largest absolute Gasteiger partial charge is 1.00 e. The summed E-state index contributed by atoms with van der Waals surface area (Å²) in [6.07, 6.45) is 3.61. The van der Waals surface area contributed by atoms with Gasteiger partial charge in [0.2, 0.25) is 0 Å². The molecule has 0 unspecified atom stereocenters. The Kier molecular flexibility index (Phi) is 8.84. The summed E-state index contributed by atoms with van der Waals surface area (Å²) in [5.41, 5.74) is 3.27. The predicted molar refractivity (Wildman–Crippen MR) is 123 cm³/mol. The summed E-state index contributed by atoms with van der Waals surface area (Å²) >= 11 is 0. The molecule has 1 aromatic heterocycles. The Labute approximate surface area is 194 Å². The second kappa shape index (κ2) is 12.0. The third kappa shape index (κ3) is 6.42. The lowest BCUT2D eigenvalue weighted by atomic mass is 10.1. The van der Waals surface area contributed by atoms with Gasteiger partial charge in [-0.1, -0.05) is 54.6 Å². The molecule has 4 rings (SSSR count). The molecule has 6 heteroatoms. The van der Waals surface area contributed by atoms with Gasteiger partial charge >= 0.3 is 0 Å². The van der Waals surface area contributed by atoms with Crippen LogP contribution in [0.4, 0.5) is 0 Å². The van der Waals surface area contributed by atoms with Crippen LogP contribution in [-0.4, -0.2) is 22.6 Å². The minimum Gasteiger partial charge on any atom is -1.00 e. The molecule has 1 heterocycles. The van der Waals surface area contributed by atoms with Gasteiger partial charge in [0.05, 0.1) is 30.3 Å². The topological polar surface area (TPSA) is 60.7 Å². The van der Waals surface area contributed by atoms with Gasteiger partial charge in [-0.25, -0.2) is 4.98 Å². The van der Waals surface area contributed by atoms with Crippen molar-refractivity contribution in [1.29, 1.82) is 0 Å². The Balaban J connectivity index is 0.00000289. The van der Waals surface area contributed by atoms with E-state index >= 15 is 0 Å². The number of fused-ring (bicyclic) bond motifs is 1. The first-order valence-electron chi connectivity index (χ1n) is 10.8. The molecule has 3 aromatic carbocycles. The fraction of sp³-hybridized carbons (Fsp3) is 0.231. The van der Waals surface area contributed by atoms with E-state index in [2.05, 4.69) is 34.6 Å². The van der Waals surface area contributed by atoms with E-state index < -0.39 is 0 Å². The molecule has 0 spiro atoms. The number of rotatable bonds is 10. The third-order valence-electron chi connectivity index (χ3n) is 5.35. The van der Waals surface area contributed by atoms with E-state index in [1.807, 2.05) is 54.6 Å². The van der Waals surface area contributed by atoms with Crippen molar-refractivity contribution >= 4 is 10.9 Å². The average Bonchev–Trinajstić information content (AvgIpc) is 2.83. The van der Waals surface area contributed by atoms with Crippen LogP contribution in [0.25, 0.3) is 10.9 Å². The molecule has 32 heavy (non-hydrogen) atoms. The third-order valence-corrected chi connectivity index (χ3v) is 5.35. The molecular formula is C26H28ClN3O2. The van der Waals surface area contributed by atoms with E-state index in [0.29, 0.717) is 18.5 Å². The van der Waals surface area contributed by atoms with Crippen molar-refractivity contribution in [2.24, 2.45) is 0 Å². The highest BCUT2D eigenvalue weighted by Crippen LogP contribution is 2.14. The maximum absolute atomic E-state index is 12.5. The molecule has 5 nitrogen and oxygen atoms in total. The summed E-state index contributed by atoms with van der Waals surface area (Å²) in [5, 5.41) is 2.99. The zero-order chi connectivity index (χ0) is 21.3. The molecular weight excluding hydrogens is 422 g/mol. The number of hydrogen-bond donors (Lipinski definition) is 1. The maximum Gasteiger partial charge on any atom is 0.261 e. The van der Waals surface area contributed by atoms with Crippen molar-refractivity contribution < 1.29 is 22.5 Å². The van der Waals surface area contributed by atoms with Crippen LogP contribution in [0, 0.1) is 0 Å². The number of hydrogen-bond acceptors (Lipinski definition) is 3. The summed E-state index contributed by atoms with van der Waals surface area (Å²) in [6.45, 7) is 3.29. The van der Waals surface area contributed by atoms with Gasteiger partial charge in [-0.2, -0.15) is 0 Å². The van der Waals surface area contributed by atoms with Gasteiger partial charge in [0, 0.05) is 19.4 Å². The lowest BCUT2D eigenvalue weighted by Gasteiger charge is -2.08. The van der Waals surface area contributed by atoms with Crippen molar-refractivity contribution in [2.45, 2.75) is 26.0 Å². The van der Waals surface area contributed by atoms with E-state index in [4.69, 9.17) is 4.74 Å². The van der Waals surface area contributed by atoms with Crippen LogP contribution in [0.2, 0.25) is 0 Å². The molecule has 0 atom stereocenters. The van der Waals surface area contributed by atoms with Crippen molar-refractivity contribution in [3.05, 3.63) is 107 Å². The minimum atomic E-state index is 0. The van der Waals surface area contributed by atoms with Gasteiger partial charge in [-0.05, 0) is 35.4 Å². The van der Waals surface area contributed by atoms with Crippen LogP contribution in [0.3, 0.4) is 0 Å². The van der Waals surface area contributed by atoms with E-state index in [1.165, 1.54) is 11.1 Å². The molecule has 0 aliphatic heterocycles. The summed E-state index contributed by atoms with van der Waals surface area (Å²) in [6, 6.07) is 26.0. The molecule has 0 bridgehead atoms.